The van der Waals surface area contributed by atoms with Crippen molar-refractivity contribution in [3.8, 4) is 0 Å². The summed E-state index contributed by atoms with van der Waals surface area (Å²) in [5.74, 6) is 0. The SMILES string of the molecule is NCC(O)c1sncc1Cl. The fourth-order valence-electron chi connectivity index (χ4n) is 0.564. The van der Waals surface area contributed by atoms with Crippen molar-refractivity contribution in [2.24, 2.45) is 5.73 Å². The van der Waals surface area contributed by atoms with Gasteiger partial charge in [-0.25, -0.2) is 0 Å². The molecular weight excluding hydrogens is 172 g/mol. The number of aromatic nitrogens is 1. The van der Waals surface area contributed by atoms with Crippen LogP contribution in [0.4, 0.5) is 0 Å². The van der Waals surface area contributed by atoms with Gasteiger partial charge in [-0.2, -0.15) is 4.37 Å². The second-order valence-electron chi connectivity index (χ2n) is 1.79. The molecule has 1 unspecified atom stereocenters. The highest BCUT2D eigenvalue weighted by atomic mass is 35.5. The molecule has 0 aliphatic carbocycles. The van der Waals surface area contributed by atoms with Crippen LogP contribution in [0.3, 0.4) is 0 Å². The minimum Gasteiger partial charge on any atom is -0.386 e. The van der Waals surface area contributed by atoms with Crippen LogP contribution in [0.15, 0.2) is 6.20 Å². The molecule has 0 fully saturated rings. The van der Waals surface area contributed by atoms with Crippen LogP contribution in [0.25, 0.3) is 0 Å². The molecule has 3 nitrogen and oxygen atoms in total. The Hall–Kier alpha value is -0.160. The van der Waals surface area contributed by atoms with E-state index >= 15 is 0 Å². The summed E-state index contributed by atoms with van der Waals surface area (Å²) in [6.45, 7) is 0.182. The number of nitrogens with two attached hydrogens (primary N) is 1. The summed E-state index contributed by atoms with van der Waals surface area (Å²) in [5.41, 5.74) is 5.20. The van der Waals surface area contributed by atoms with Gasteiger partial charge in [0.15, 0.2) is 0 Å². The lowest BCUT2D eigenvalue weighted by Gasteiger charge is -2.02. The smallest absolute Gasteiger partial charge is 0.103 e. The van der Waals surface area contributed by atoms with E-state index in [2.05, 4.69) is 4.37 Å². The molecule has 1 heterocycles. The Morgan fingerprint density at radius 2 is 2.60 bits per heavy atom. The number of rotatable bonds is 2. The molecule has 10 heavy (non-hydrogen) atoms. The second-order valence-corrected chi connectivity index (χ2v) is 3.03. The van der Waals surface area contributed by atoms with E-state index in [0.717, 1.165) is 0 Å². The number of hydrogen-bond donors (Lipinski definition) is 2. The molecule has 0 aromatic carbocycles. The van der Waals surface area contributed by atoms with E-state index < -0.39 is 6.10 Å². The molecule has 1 atom stereocenters. The normalized spacial score (nSPS) is 13.5. The molecule has 0 aliphatic rings. The summed E-state index contributed by atoms with van der Waals surface area (Å²) in [6.07, 6.45) is 0.834. The zero-order chi connectivity index (χ0) is 7.56. The Kier molecular flexibility index (Phi) is 2.62. The fourth-order valence-corrected chi connectivity index (χ4v) is 1.53. The van der Waals surface area contributed by atoms with E-state index in [1.807, 2.05) is 0 Å². The number of nitrogens with zero attached hydrogens (tertiary/aromatic N) is 1. The third-order valence-electron chi connectivity index (χ3n) is 1.08. The quantitative estimate of drug-likeness (QED) is 0.704. The molecule has 0 saturated heterocycles. The highest BCUT2D eigenvalue weighted by Crippen LogP contribution is 2.25. The predicted molar refractivity (Wildman–Crippen MR) is 41.1 cm³/mol. The zero-order valence-electron chi connectivity index (χ0n) is 5.12. The van der Waals surface area contributed by atoms with E-state index in [-0.39, 0.29) is 6.54 Å². The van der Waals surface area contributed by atoms with E-state index in [4.69, 9.17) is 22.4 Å². The first-order valence-corrected chi connectivity index (χ1v) is 3.89. The molecule has 1 aromatic rings. The van der Waals surface area contributed by atoms with Gasteiger partial charge in [-0.05, 0) is 11.5 Å². The molecule has 1 aromatic heterocycles. The predicted octanol–water partition coefficient (Wildman–Crippen LogP) is 0.789. The molecule has 5 heteroatoms. The average molecular weight is 179 g/mol. The van der Waals surface area contributed by atoms with Crippen molar-refractivity contribution in [1.29, 1.82) is 0 Å². The summed E-state index contributed by atoms with van der Waals surface area (Å²) in [4.78, 5) is 0.643. The second kappa shape index (κ2) is 3.30. The zero-order valence-corrected chi connectivity index (χ0v) is 6.69. The fraction of sp³-hybridized carbons (Fsp3) is 0.400. The first-order valence-electron chi connectivity index (χ1n) is 2.74. The lowest BCUT2D eigenvalue weighted by Crippen LogP contribution is -2.10. The summed E-state index contributed by atoms with van der Waals surface area (Å²) in [7, 11) is 0. The third kappa shape index (κ3) is 1.46. The van der Waals surface area contributed by atoms with Crippen LogP contribution in [-0.2, 0) is 0 Å². The topological polar surface area (TPSA) is 59.1 Å². The average Bonchev–Trinajstić information content (AvgIpc) is 2.34. The van der Waals surface area contributed by atoms with Gasteiger partial charge in [0.25, 0.3) is 0 Å². The van der Waals surface area contributed by atoms with Crippen molar-refractivity contribution >= 4 is 23.1 Å². The van der Waals surface area contributed by atoms with Gasteiger partial charge in [0, 0.05) is 6.54 Å². The van der Waals surface area contributed by atoms with Gasteiger partial charge in [-0.1, -0.05) is 11.6 Å². The van der Waals surface area contributed by atoms with Crippen molar-refractivity contribution < 1.29 is 5.11 Å². The van der Waals surface area contributed by atoms with Gasteiger partial charge in [0.2, 0.25) is 0 Å². The van der Waals surface area contributed by atoms with Gasteiger partial charge >= 0.3 is 0 Å². The van der Waals surface area contributed by atoms with Gasteiger partial charge in [0.05, 0.1) is 16.1 Å². The van der Waals surface area contributed by atoms with Crippen molar-refractivity contribution in [3.05, 3.63) is 16.1 Å². The van der Waals surface area contributed by atoms with E-state index in [1.54, 1.807) is 0 Å². The molecule has 0 saturated carbocycles. The van der Waals surface area contributed by atoms with Gasteiger partial charge < -0.3 is 10.8 Å². The molecule has 0 aliphatic heterocycles. The van der Waals surface area contributed by atoms with Crippen molar-refractivity contribution in [1.82, 2.24) is 4.37 Å². The van der Waals surface area contributed by atoms with Gasteiger partial charge in [-0.15, -0.1) is 0 Å². The Labute approximate surface area is 67.6 Å². The van der Waals surface area contributed by atoms with Crippen molar-refractivity contribution in [2.45, 2.75) is 6.10 Å². The molecule has 56 valence electrons. The van der Waals surface area contributed by atoms with Crippen LogP contribution >= 0.6 is 23.1 Å². The Balaban J connectivity index is 2.82. The summed E-state index contributed by atoms with van der Waals surface area (Å²) in [6, 6.07) is 0. The minimum atomic E-state index is -0.667. The highest BCUT2D eigenvalue weighted by Gasteiger charge is 2.11. The van der Waals surface area contributed by atoms with Crippen LogP contribution < -0.4 is 5.73 Å². The van der Waals surface area contributed by atoms with Crippen LogP contribution in [0.1, 0.15) is 11.0 Å². The molecule has 0 amide bonds. The first-order chi connectivity index (χ1) is 4.75. The maximum atomic E-state index is 9.16. The number of aliphatic hydroxyl groups is 1. The Morgan fingerprint density at radius 3 is 3.00 bits per heavy atom. The van der Waals surface area contributed by atoms with Crippen LogP contribution in [-0.4, -0.2) is 16.0 Å². The summed E-state index contributed by atoms with van der Waals surface area (Å²) in [5, 5.41) is 9.65. The lowest BCUT2D eigenvalue weighted by atomic mass is 10.3. The van der Waals surface area contributed by atoms with E-state index in [0.29, 0.717) is 9.90 Å². The van der Waals surface area contributed by atoms with Gasteiger partial charge in [0.1, 0.15) is 6.10 Å². The van der Waals surface area contributed by atoms with E-state index in [1.165, 1.54) is 17.7 Å². The Bertz CT molecular complexity index is 215. The maximum Gasteiger partial charge on any atom is 0.103 e. The van der Waals surface area contributed by atoms with Crippen molar-refractivity contribution in [2.75, 3.05) is 6.54 Å². The number of aliphatic hydroxyl groups excluding tert-OH is 1. The van der Waals surface area contributed by atoms with Crippen LogP contribution in [0, 0.1) is 0 Å². The largest absolute Gasteiger partial charge is 0.386 e. The van der Waals surface area contributed by atoms with Crippen molar-refractivity contribution in [3.63, 3.8) is 0 Å². The standard InChI is InChI=1S/C5H7ClN2OS/c6-3-2-8-10-5(3)4(9)1-7/h2,4,9H,1,7H2. The molecule has 1 rings (SSSR count). The molecule has 0 radical (unpaired) electrons. The van der Waals surface area contributed by atoms with Crippen LogP contribution in [0.2, 0.25) is 5.02 Å². The third-order valence-corrected chi connectivity index (χ3v) is 2.39. The summed E-state index contributed by atoms with van der Waals surface area (Å²) >= 11 is 6.82. The number of hydrogen-bond acceptors (Lipinski definition) is 4. The molecule has 3 N–H and O–H groups in total. The molecular formula is C5H7ClN2OS. The molecule has 0 spiro atoms. The van der Waals surface area contributed by atoms with E-state index in [9.17, 15) is 0 Å². The van der Waals surface area contributed by atoms with Gasteiger partial charge in [-0.3, -0.25) is 0 Å². The van der Waals surface area contributed by atoms with Crippen LogP contribution in [0.5, 0.6) is 0 Å². The number of halogens is 1. The first kappa shape index (κ1) is 7.94. The monoisotopic (exact) mass is 178 g/mol. The lowest BCUT2D eigenvalue weighted by molar-refractivity contribution is 0.190. The Morgan fingerprint density at radius 1 is 1.90 bits per heavy atom. The maximum absolute atomic E-state index is 9.16. The highest BCUT2D eigenvalue weighted by molar-refractivity contribution is 7.06. The molecule has 0 bridgehead atoms. The minimum absolute atomic E-state index is 0.182. The summed E-state index contributed by atoms with van der Waals surface area (Å²) < 4.78 is 3.78.